The number of nitrogens with one attached hydrogen (secondary N) is 1. The molecule has 0 spiro atoms. The van der Waals surface area contributed by atoms with Crippen LogP contribution in [-0.2, 0) is 12.8 Å². The fourth-order valence-corrected chi connectivity index (χ4v) is 3.38. The van der Waals surface area contributed by atoms with Gasteiger partial charge in [-0.2, -0.15) is 5.10 Å². The molecule has 0 saturated heterocycles. The maximum Gasteiger partial charge on any atom is 0.272 e. The lowest BCUT2D eigenvalue weighted by Gasteiger charge is -2.07. The van der Waals surface area contributed by atoms with Crippen LogP contribution in [-0.4, -0.2) is 28.3 Å². The highest BCUT2D eigenvalue weighted by atomic mass is 35.5. The van der Waals surface area contributed by atoms with E-state index in [4.69, 9.17) is 17.3 Å². The third kappa shape index (κ3) is 4.78. The number of nitrogens with zero attached hydrogens (tertiary/aromatic N) is 2. The molecule has 2 aromatic rings. The Labute approximate surface area is 165 Å². The molecule has 0 saturated carbocycles. The van der Waals surface area contributed by atoms with Crippen molar-refractivity contribution >= 4 is 29.9 Å². The molecular formula is C19H26Cl2N4O. The Morgan fingerprint density at radius 3 is 2.65 bits per heavy atom. The largest absolute Gasteiger partial charge is 0.351 e. The van der Waals surface area contributed by atoms with Crippen molar-refractivity contribution in [2.75, 3.05) is 6.54 Å². The Hall–Kier alpha value is -1.56. The minimum absolute atomic E-state index is 0. The number of benzene rings is 1. The molecule has 0 bridgehead atoms. The summed E-state index contributed by atoms with van der Waals surface area (Å²) in [5.74, 6) is -0.105. The van der Waals surface area contributed by atoms with Crippen LogP contribution in [0.4, 0.5) is 0 Å². The summed E-state index contributed by atoms with van der Waals surface area (Å²) in [6.45, 7) is 2.51. The quantitative estimate of drug-likeness (QED) is 0.756. The van der Waals surface area contributed by atoms with Crippen LogP contribution in [0.2, 0.25) is 5.02 Å². The monoisotopic (exact) mass is 396 g/mol. The number of rotatable bonds is 5. The van der Waals surface area contributed by atoms with Crippen LogP contribution in [0, 0.1) is 0 Å². The van der Waals surface area contributed by atoms with E-state index in [1.807, 2.05) is 35.9 Å². The molecule has 3 rings (SSSR count). The van der Waals surface area contributed by atoms with Crippen molar-refractivity contribution in [1.82, 2.24) is 15.1 Å². The van der Waals surface area contributed by atoms with Crippen molar-refractivity contribution in [2.45, 2.75) is 51.5 Å². The average molecular weight is 397 g/mol. The lowest BCUT2D eigenvalue weighted by atomic mass is 10.1. The fourth-order valence-electron chi connectivity index (χ4n) is 3.25. The molecule has 1 aromatic carbocycles. The molecule has 3 N–H and O–H groups in total. The molecule has 26 heavy (non-hydrogen) atoms. The number of aromatic nitrogens is 2. The van der Waals surface area contributed by atoms with E-state index < -0.39 is 0 Å². The summed E-state index contributed by atoms with van der Waals surface area (Å²) in [7, 11) is 0. The molecule has 1 aliphatic carbocycles. The molecule has 0 radical (unpaired) electrons. The molecule has 1 aromatic heterocycles. The minimum Gasteiger partial charge on any atom is -0.351 e. The van der Waals surface area contributed by atoms with E-state index in [2.05, 4.69) is 10.4 Å². The Bertz CT molecular complexity index is 741. The summed E-state index contributed by atoms with van der Waals surface area (Å²) in [6, 6.07) is 7.66. The molecule has 142 valence electrons. The van der Waals surface area contributed by atoms with Crippen LogP contribution in [0.3, 0.4) is 0 Å². The van der Waals surface area contributed by atoms with E-state index in [0.717, 1.165) is 49.0 Å². The zero-order valence-electron chi connectivity index (χ0n) is 15.0. The maximum absolute atomic E-state index is 12.7. The van der Waals surface area contributed by atoms with Gasteiger partial charge in [-0.25, -0.2) is 4.68 Å². The van der Waals surface area contributed by atoms with Gasteiger partial charge in [0.15, 0.2) is 5.69 Å². The van der Waals surface area contributed by atoms with Crippen LogP contribution >= 0.6 is 24.0 Å². The fraction of sp³-hybridized carbons (Fsp3) is 0.474. The van der Waals surface area contributed by atoms with Crippen LogP contribution < -0.4 is 11.1 Å². The number of hydrogen-bond acceptors (Lipinski definition) is 3. The van der Waals surface area contributed by atoms with Gasteiger partial charge in [-0.15, -0.1) is 12.4 Å². The topological polar surface area (TPSA) is 72.9 Å². The summed E-state index contributed by atoms with van der Waals surface area (Å²) in [5, 5.41) is 8.31. The van der Waals surface area contributed by atoms with Gasteiger partial charge in [-0.3, -0.25) is 4.79 Å². The number of halogens is 2. The summed E-state index contributed by atoms with van der Waals surface area (Å²) >= 11 is 6.00. The SMILES string of the molecule is CC(N)CCNC(=O)c1nn(-c2ccc(Cl)cc2)c2c1CCCCC2.Cl. The predicted molar refractivity (Wildman–Crippen MR) is 108 cm³/mol. The van der Waals surface area contributed by atoms with Gasteiger partial charge in [0.05, 0.1) is 5.69 Å². The van der Waals surface area contributed by atoms with Crippen molar-refractivity contribution in [2.24, 2.45) is 5.73 Å². The van der Waals surface area contributed by atoms with Gasteiger partial charge in [-0.1, -0.05) is 18.0 Å². The number of nitrogens with two attached hydrogens (primary N) is 1. The third-order valence-corrected chi connectivity index (χ3v) is 4.85. The van der Waals surface area contributed by atoms with Crippen LogP contribution in [0.25, 0.3) is 5.69 Å². The molecular weight excluding hydrogens is 371 g/mol. The second kappa shape index (κ2) is 9.40. The first-order chi connectivity index (χ1) is 12.1. The van der Waals surface area contributed by atoms with Gasteiger partial charge < -0.3 is 11.1 Å². The molecule has 1 atom stereocenters. The summed E-state index contributed by atoms with van der Waals surface area (Å²) in [5.41, 5.74) is 9.49. The highest BCUT2D eigenvalue weighted by Gasteiger charge is 2.24. The molecule has 1 aliphatic rings. The van der Waals surface area contributed by atoms with E-state index >= 15 is 0 Å². The van der Waals surface area contributed by atoms with E-state index in [1.165, 1.54) is 6.42 Å². The lowest BCUT2D eigenvalue weighted by Crippen LogP contribution is -2.29. The van der Waals surface area contributed by atoms with Crippen LogP contribution in [0.1, 0.15) is 54.4 Å². The first kappa shape index (κ1) is 20.7. The van der Waals surface area contributed by atoms with Crippen molar-refractivity contribution in [1.29, 1.82) is 0 Å². The van der Waals surface area contributed by atoms with Crippen molar-refractivity contribution in [3.8, 4) is 5.69 Å². The normalized spacial score (nSPS) is 14.7. The Balaban J connectivity index is 0.00000243. The van der Waals surface area contributed by atoms with Gasteiger partial charge in [0, 0.05) is 28.9 Å². The van der Waals surface area contributed by atoms with Gasteiger partial charge >= 0.3 is 0 Å². The van der Waals surface area contributed by atoms with Gasteiger partial charge in [0.2, 0.25) is 0 Å². The average Bonchev–Trinajstić information content (AvgIpc) is 2.77. The standard InChI is InChI=1S/C19H25ClN4O.ClH/c1-13(21)11-12-22-19(25)18-16-5-3-2-4-6-17(16)24(23-18)15-9-7-14(20)8-10-15;/h7-10,13H,2-6,11-12,21H2,1H3,(H,22,25);1H. The van der Waals surface area contributed by atoms with Crippen LogP contribution in [0.5, 0.6) is 0 Å². The number of fused-ring (bicyclic) bond motifs is 1. The molecule has 5 nitrogen and oxygen atoms in total. The Kier molecular flexibility index (Phi) is 7.50. The minimum atomic E-state index is -0.105. The summed E-state index contributed by atoms with van der Waals surface area (Å²) in [4.78, 5) is 12.7. The van der Waals surface area contributed by atoms with E-state index in [-0.39, 0.29) is 24.4 Å². The lowest BCUT2D eigenvalue weighted by molar-refractivity contribution is 0.0946. The molecule has 1 unspecified atom stereocenters. The molecule has 1 heterocycles. The van der Waals surface area contributed by atoms with Gasteiger partial charge in [0.25, 0.3) is 5.91 Å². The molecule has 0 fully saturated rings. The zero-order valence-corrected chi connectivity index (χ0v) is 16.6. The number of carbonyl (C=O) groups excluding carboxylic acids is 1. The predicted octanol–water partition coefficient (Wildman–Crippen LogP) is 3.68. The van der Waals surface area contributed by atoms with Gasteiger partial charge in [-0.05, 0) is 63.3 Å². The zero-order chi connectivity index (χ0) is 17.8. The molecule has 0 aliphatic heterocycles. The number of amides is 1. The number of carbonyl (C=O) groups is 1. The molecule has 1 amide bonds. The van der Waals surface area contributed by atoms with Crippen molar-refractivity contribution in [3.63, 3.8) is 0 Å². The summed E-state index contributed by atoms with van der Waals surface area (Å²) in [6.07, 6.45) is 6.00. The smallest absolute Gasteiger partial charge is 0.272 e. The van der Waals surface area contributed by atoms with Crippen LogP contribution in [0.15, 0.2) is 24.3 Å². The second-order valence-corrected chi connectivity index (χ2v) is 7.18. The first-order valence-corrected chi connectivity index (χ1v) is 9.34. The van der Waals surface area contributed by atoms with E-state index in [1.54, 1.807) is 0 Å². The molecule has 7 heteroatoms. The van der Waals surface area contributed by atoms with Gasteiger partial charge in [0.1, 0.15) is 0 Å². The first-order valence-electron chi connectivity index (χ1n) is 8.96. The highest BCUT2D eigenvalue weighted by Crippen LogP contribution is 2.27. The summed E-state index contributed by atoms with van der Waals surface area (Å²) < 4.78 is 1.91. The second-order valence-electron chi connectivity index (χ2n) is 6.74. The highest BCUT2D eigenvalue weighted by molar-refractivity contribution is 6.30. The maximum atomic E-state index is 12.7. The third-order valence-electron chi connectivity index (χ3n) is 4.60. The Morgan fingerprint density at radius 1 is 1.27 bits per heavy atom. The van der Waals surface area contributed by atoms with Crippen molar-refractivity contribution < 1.29 is 4.79 Å². The van der Waals surface area contributed by atoms with Crippen molar-refractivity contribution in [3.05, 3.63) is 46.2 Å². The number of hydrogen-bond donors (Lipinski definition) is 2. The van der Waals surface area contributed by atoms with E-state index in [0.29, 0.717) is 17.3 Å². The Morgan fingerprint density at radius 2 is 1.96 bits per heavy atom. The van der Waals surface area contributed by atoms with E-state index in [9.17, 15) is 4.79 Å².